The van der Waals surface area contributed by atoms with Gasteiger partial charge >= 0.3 is 0 Å². The number of aliphatic hydroxyl groups is 1. The minimum atomic E-state index is -0.204. The van der Waals surface area contributed by atoms with Crippen LogP contribution in [0.3, 0.4) is 0 Å². The average Bonchev–Trinajstić information content (AvgIpc) is 2.65. The van der Waals surface area contributed by atoms with E-state index in [0.717, 1.165) is 29.8 Å². The van der Waals surface area contributed by atoms with Crippen LogP contribution in [0.4, 0.5) is 0 Å². The van der Waals surface area contributed by atoms with Crippen molar-refractivity contribution in [3.05, 3.63) is 34.9 Å². The van der Waals surface area contributed by atoms with E-state index in [1.54, 1.807) is 0 Å². The molecule has 0 bridgehead atoms. The van der Waals surface area contributed by atoms with E-state index in [1.807, 2.05) is 24.3 Å². The van der Waals surface area contributed by atoms with Crippen molar-refractivity contribution in [1.82, 2.24) is 5.32 Å². The Morgan fingerprint density at radius 2 is 2.12 bits per heavy atom. The lowest BCUT2D eigenvalue weighted by molar-refractivity contribution is 0.144. The third-order valence-corrected chi connectivity index (χ3v) is 3.66. The van der Waals surface area contributed by atoms with Crippen molar-refractivity contribution < 1.29 is 5.11 Å². The lowest BCUT2D eigenvalue weighted by atomic mass is 10.1. The quantitative estimate of drug-likeness (QED) is 0.850. The van der Waals surface area contributed by atoms with E-state index in [2.05, 4.69) is 12.2 Å². The molecule has 0 aromatic heterocycles. The molecule has 1 aromatic rings. The zero-order valence-corrected chi connectivity index (χ0v) is 10.2. The molecule has 3 atom stereocenters. The first-order valence-corrected chi connectivity index (χ1v) is 6.25. The first-order valence-electron chi connectivity index (χ1n) is 5.87. The second-order valence-electron chi connectivity index (χ2n) is 4.51. The van der Waals surface area contributed by atoms with Gasteiger partial charge in [-0.15, -0.1) is 0 Å². The summed E-state index contributed by atoms with van der Waals surface area (Å²) in [6.45, 7) is 2.09. The van der Waals surface area contributed by atoms with Gasteiger partial charge in [-0.1, -0.05) is 29.8 Å². The standard InChI is InChI=1S/C13H18ClNO/c1-9(10-5-2-3-6-11(10)14)15-12-7-4-8-13(12)16/h2-3,5-6,9,12-13,15-16H,4,7-8H2,1H3/t9-,12?,13?/m0/s1. The van der Waals surface area contributed by atoms with Crippen LogP contribution in [0.15, 0.2) is 24.3 Å². The summed E-state index contributed by atoms with van der Waals surface area (Å²) >= 11 is 6.14. The predicted octanol–water partition coefficient (Wildman–Crippen LogP) is 2.90. The van der Waals surface area contributed by atoms with Crippen LogP contribution in [0.2, 0.25) is 5.02 Å². The molecule has 0 spiro atoms. The molecule has 0 radical (unpaired) electrons. The van der Waals surface area contributed by atoms with E-state index in [4.69, 9.17) is 11.6 Å². The van der Waals surface area contributed by atoms with Crippen molar-refractivity contribution in [3.8, 4) is 0 Å². The highest BCUT2D eigenvalue weighted by molar-refractivity contribution is 6.31. The van der Waals surface area contributed by atoms with Crippen LogP contribution in [0.5, 0.6) is 0 Å². The molecule has 88 valence electrons. The predicted molar refractivity (Wildman–Crippen MR) is 66.6 cm³/mol. The normalized spacial score (nSPS) is 26.9. The molecule has 2 unspecified atom stereocenters. The average molecular weight is 240 g/mol. The monoisotopic (exact) mass is 239 g/mol. The van der Waals surface area contributed by atoms with E-state index in [1.165, 1.54) is 0 Å². The number of benzene rings is 1. The van der Waals surface area contributed by atoms with E-state index in [-0.39, 0.29) is 18.2 Å². The molecule has 1 aromatic carbocycles. The molecule has 0 heterocycles. The maximum atomic E-state index is 9.76. The van der Waals surface area contributed by atoms with Gasteiger partial charge < -0.3 is 10.4 Å². The van der Waals surface area contributed by atoms with Gasteiger partial charge in [0.1, 0.15) is 0 Å². The highest BCUT2D eigenvalue weighted by Crippen LogP contribution is 2.26. The highest BCUT2D eigenvalue weighted by atomic mass is 35.5. The zero-order chi connectivity index (χ0) is 11.5. The number of aliphatic hydroxyl groups excluding tert-OH is 1. The molecular formula is C13H18ClNO. The number of hydrogen-bond donors (Lipinski definition) is 2. The van der Waals surface area contributed by atoms with Gasteiger partial charge in [-0.25, -0.2) is 0 Å². The molecular weight excluding hydrogens is 222 g/mol. The van der Waals surface area contributed by atoms with E-state index >= 15 is 0 Å². The van der Waals surface area contributed by atoms with Crippen LogP contribution in [-0.2, 0) is 0 Å². The van der Waals surface area contributed by atoms with Crippen molar-refractivity contribution in [2.45, 2.75) is 44.4 Å². The molecule has 16 heavy (non-hydrogen) atoms. The summed E-state index contributed by atoms with van der Waals surface area (Å²) in [5, 5.41) is 14.0. The Morgan fingerprint density at radius 1 is 1.38 bits per heavy atom. The van der Waals surface area contributed by atoms with Crippen LogP contribution in [0.1, 0.15) is 37.8 Å². The molecule has 1 aliphatic carbocycles. The van der Waals surface area contributed by atoms with Crippen molar-refractivity contribution in [2.24, 2.45) is 0 Å². The summed E-state index contributed by atoms with van der Waals surface area (Å²) in [4.78, 5) is 0. The maximum absolute atomic E-state index is 9.76. The van der Waals surface area contributed by atoms with Gasteiger partial charge in [0.2, 0.25) is 0 Å². The Morgan fingerprint density at radius 3 is 2.75 bits per heavy atom. The molecule has 2 nitrogen and oxygen atoms in total. The zero-order valence-electron chi connectivity index (χ0n) is 9.49. The summed E-state index contributed by atoms with van der Waals surface area (Å²) in [6.07, 6.45) is 2.86. The second kappa shape index (κ2) is 5.17. The third kappa shape index (κ3) is 2.57. The SMILES string of the molecule is C[C@H](NC1CCCC1O)c1ccccc1Cl. The van der Waals surface area contributed by atoms with Crippen molar-refractivity contribution in [3.63, 3.8) is 0 Å². The molecule has 0 aliphatic heterocycles. The Balaban J connectivity index is 2.03. The fourth-order valence-electron chi connectivity index (χ4n) is 2.37. The number of hydrogen-bond acceptors (Lipinski definition) is 2. The van der Waals surface area contributed by atoms with Crippen molar-refractivity contribution in [2.75, 3.05) is 0 Å². The Hall–Kier alpha value is -0.570. The van der Waals surface area contributed by atoms with Crippen molar-refractivity contribution in [1.29, 1.82) is 0 Å². The maximum Gasteiger partial charge on any atom is 0.0693 e. The minimum absolute atomic E-state index is 0.187. The summed E-state index contributed by atoms with van der Waals surface area (Å²) < 4.78 is 0. The Labute approximate surface area is 102 Å². The van der Waals surface area contributed by atoms with Crippen LogP contribution in [-0.4, -0.2) is 17.3 Å². The summed E-state index contributed by atoms with van der Waals surface area (Å²) in [6, 6.07) is 8.26. The Bertz CT molecular complexity index is 356. The van der Waals surface area contributed by atoms with Gasteiger partial charge in [0, 0.05) is 17.1 Å². The highest BCUT2D eigenvalue weighted by Gasteiger charge is 2.26. The smallest absolute Gasteiger partial charge is 0.0693 e. The third-order valence-electron chi connectivity index (χ3n) is 3.32. The van der Waals surface area contributed by atoms with Crippen LogP contribution in [0.25, 0.3) is 0 Å². The second-order valence-corrected chi connectivity index (χ2v) is 4.92. The first kappa shape index (κ1) is 11.9. The van der Waals surface area contributed by atoms with E-state index in [9.17, 15) is 5.11 Å². The number of rotatable bonds is 3. The molecule has 3 heteroatoms. The van der Waals surface area contributed by atoms with Gasteiger partial charge in [0.25, 0.3) is 0 Å². The molecule has 1 saturated carbocycles. The van der Waals surface area contributed by atoms with Crippen LogP contribution >= 0.6 is 11.6 Å². The topological polar surface area (TPSA) is 32.3 Å². The molecule has 2 rings (SSSR count). The van der Waals surface area contributed by atoms with Gasteiger partial charge in [-0.3, -0.25) is 0 Å². The molecule has 1 fully saturated rings. The van der Waals surface area contributed by atoms with E-state index < -0.39 is 0 Å². The first-order chi connectivity index (χ1) is 7.68. The fourth-order valence-corrected chi connectivity index (χ4v) is 2.67. The lowest BCUT2D eigenvalue weighted by Gasteiger charge is -2.23. The molecule has 2 N–H and O–H groups in total. The van der Waals surface area contributed by atoms with Crippen LogP contribution < -0.4 is 5.32 Å². The summed E-state index contributed by atoms with van der Waals surface area (Å²) in [5.41, 5.74) is 1.10. The van der Waals surface area contributed by atoms with Gasteiger partial charge in [-0.2, -0.15) is 0 Å². The van der Waals surface area contributed by atoms with Gasteiger partial charge in [-0.05, 0) is 37.8 Å². The van der Waals surface area contributed by atoms with Gasteiger partial charge in [0.15, 0.2) is 0 Å². The molecule has 0 saturated heterocycles. The van der Waals surface area contributed by atoms with Gasteiger partial charge in [0.05, 0.1) is 6.10 Å². The summed E-state index contributed by atoms with van der Waals surface area (Å²) in [7, 11) is 0. The molecule has 1 aliphatic rings. The minimum Gasteiger partial charge on any atom is -0.392 e. The Kier molecular flexibility index (Phi) is 3.85. The number of halogens is 1. The lowest BCUT2D eigenvalue weighted by Crippen LogP contribution is -2.37. The largest absolute Gasteiger partial charge is 0.392 e. The molecule has 0 amide bonds. The number of nitrogens with one attached hydrogen (secondary N) is 1. The fraction of sp³-hybridized carbons (Fsp3) is 0.538. The van der Waals surface area contributed by atoms with Crippen molar-refractivity contribution >= 4 is 11.6 Å². The van der Waals surface area contributed by atoms with Crippen LogP contribution in [0, 0.1) is 0 Å². The summed E-state index contributed by atoms with van der Waals surface area (Å²) in [5.74, 6) is 0. The van der Waals surface area contributed by atoms with E-state index in [0.29, 0.717) is 0 Å².